The van der Waals surface area contributed by atoms with E-state index in [2.05, 4.69) is 10.3 Å². The molecule has 1 saturated carbocycles. The molecule has 1 aromatic carbocycles. The second-order valence-electron chi connectivity index (χ2n) is 6.10. The Balaban J connectivity index is 1.51. The fourth-order valence-corrected chi connectivity index (χ4v) is 2.65. The van der Waals surface area contributed by atoms with Gasteiger partial charge in [-0.1, -0.05) is 6.07 Å². The SMILES string of the molecule is O=C(Nc1cc2ccc(OC3COC[C@@H]3O)cc2cn1)C1CC1. The maximum absolute atomic E-state index is 11.8. The van der Waals surface area contributed by atoms with E-state index < -0.39 is 6.10 Å². The summed E-state index contributed by atoms with van der Waals surface area (Å²) < 4.78 is 10.9. The highest BCUT2D eigenvalue weighted by molar-refractivity contribution is 5.95. The number of fused-ring (bicyclic) bond motifs is 1. The molecule has 1 amide bonds. The standard InChI is InChI=1S/C17H18N2O4/c20-14-8-22-9-15(14)23-13-4-3-11-6-16(18-7-12(11)5-13)19-17(21)10-1-2-10/h3-7,10,14-15,20H,1-2,8-9H2,(H,18,19,21)/t14-,15?/m0/s1. The number of aliphatic hydroxyl groups is 1. The number of benzene rings is 1. The fraction of sp³-hybridized carbons (Fsp3) is 0.412. The highest BCUT2D eigenvalue weighted by Gasteiger charge is 2.30. The molecular weight excluding hydrogens is 296 g/mol. The largest absolute Gasteiger partial charge is 0.485 e. The zero-order chi connectivity index (χ0) is 15.8. The molecule has 2 N–H and O–H groups in total. The second-order valence-corrected chi connectivity index (χ2v) is 6.10. The summed E-state index contributed by atoms with van der Waals surface area (Å²) in [6, 6.07) is 7.49. The van der Waals surface area contributed by atoms with Crippen LogP contribution in [0.5, 0.6) is 5.75 Å². The molecule has 6 heteroatoms. The number of anilines is 1. The molecule has 1 unspecified atom stereocenters. The molecule has 6 nitrogen and oxygen atoms in total. The topological polar surface area (TPSA) is 80.7 Å². The van der Waals surface area contributed by atoms with Gasteiger partial charge in [0, 0.05) is 17.5 Å². The molecule has 1 saturated heterocycles. The first-order valence-corrected chi connectivity index (χ1v) is 7.82. The number of pyridine rings is 1. The Labute approximate surface area is 133 Å². The van der Waals surface area contributed by atoms with E-state index in [0.717, 1.165) is 23.6 Å². The Hall–Kier alpha value is -2.18. The lowest BCUT2D eigenvalue weighted by Crippen LogP contribution is -2.29. The normalized spacial score (nSPS) is 23.9. The molecular formula is C17H18N2O4. The summed E-state index contributed by atoms with van der Waals surface area (Å²) in [4.78, 5) is 16.1. The van der Waals surface area contributed by atoms with Crippen molar-refractivity contribution >= 4 is 22.5 Å². The number of ether oxygens (including phenoxy) is 2. The Morgan fingerprint density at radius 3 is 2.87 bits per heavy atom. The summed E-state index contributed by atoms with van der Waals surface area (Å²) in [6.45, 7) is 0.702. The van der Waals surface area contributed by atoms with Crippen LogP contribution in [0.15, 0.2) is 30.5 Å². The average Bonchev–Trinajstić information content (AvgIpc) is 3.32. The molecule has 120 valence electrons. The number of hydrogen-bond acceptors (Lipinski definition) is 5. The number of hydrogen-bond donors (Lipinski definition) is 2. The molecule has 2 fully saturated rings. The molecule has 23 heavy (non-hydrogen) atoms. The van der Waals surface area contributed by atoms with E-state index in [-0.39, 0.29) is 17.9 Å². The summed E-state index contributed by atoms with van der Waals surface area (Å²) in [7, 11) is 0. The van der Waals surface area contributed by atoms with Crippen LogP contribution in [-0.2, 0) is 9.53 Å². The predicted octanol–water partition coefficient (Wildman–Crippen LogP) is 1.72. The van der Waals surface area contributed by atoms with Crippen LogP contribution in [0.4, 0.5) is 5.82 Å². The van der Waals surface area contributed by atoms with E-state index in [1.54, 1.807) is 6.20 Å². The smallest absolute Gasteiger partial charge is 0.228 e. The number of amides is 1. The minimum atomic E-state index is -0.594. The van der Waals surface area contributed by atoms with E-state index in [1.807, 2.05) is 24.3 Å². The molecule has 2 heterocycles. The lowest BCUT2D eigenvalue weighted by molar-refractivity contribution is -0.117. The minimum absolute atomic E-state index is 0.0482. The fourth-order valence-electron chi connectivity index (χ4n) is 2.65. The van der Waals surface area contributed by atoms with Crippen LogP contribution in [0.2, 0.25) is 0 Å². The second kappa shape index (κ2) is 5.79. The van der Waals surface area contributed by atoms with Crippen molar-refractivity contribution in [1.82, 2.24) is 4.98 Å². The van der Waals surface area contributed by atoms with E-state index in [1.165, 1.54) is 0 Å². The molecule has 1 aliphatic heterocycles. The van der Waals surface area contributed by atoms with Crippen LogP contribution in [0.3, 0.4) is 0 Å². The third-order valence-corrected chi connectivity index (χ3v) is 4.18. The van der Waals surface area contributed by atoms with Gasteiger partial charge in [0.1, 0.15) is 23.8 Å². The molecule has 0 radical (unpaired) electrons. The Kier molecular flexibility index (Phi) is 3.63. The van der Waals surface area contributed by atoms with Crippen molar-refractivity contribution in [3.05, 3.63) is 30.5 Å². The molecule has 4 rings (SSSR count). The van der Waals surface area contributed by atoms with Gasteiger partial charge in [-0.2, -0.15) is 0 Å². The molecule has 0 bridgehead atoms. The summed E-state index contributed by atoms with van der Waals surface area (Å²) >= 11 is 0. The molecule has 2 aliphatic rings. The maximum atomic E-state index is 11.8. The Bertz CT molecular complexity index is 744. The number of aliphatic hydroxyl groups excluding tert-OH is 1. The summed E-state index contributed by atoms with van der Waals surface area (Å²) in [5, 5.41) is 14.5. The maximum Gasteiger partial charge on any atom is 0.228 e. The minimum Gasteiger partial charge on any atom is -0.485 e. The van der Waals surface area contributed by atoms with E-state index in [9.17, 15) is 9.90 Å². The van der Waals surface area contributed by atoms with Crippen molar-refractivity contribution in [2.24, 2.45) is 5.92 Å². The number of nitrogens with one attached hydrogen (secondary N) is 1. The van der Waals surface area contributed by atoms with Crippen molar-refractivity contribution in [2.45, 2.75) is 25.0 Å². The van der Waals surface area contributed by atoms with E-state index in [4.69, 9.17) is 9.47 Å². The van der Waals surface area contributed by atoms with Gasteiger partial charge >= 0.3 is 0 Å². The van der Waals surface area contributed by atoms with Crippen LogP contribution >= 0.6 is 0 Å². The zero-order valence-electron chi connectivity index (χ0n) is 12.6. The van der Waals surface area contributed by atoms with Gasteiger partial charge in [-0.15, -0.1) is 0 Å². The highest BCUT2D eigenvalue weighted by Crippen LogP contribution is 2.30. The van der Waals surface area contributed by atoms with Crippen LogP contribution in [0.1, 0.15) is 12.8 Å². The number of aromatic nitrogens is 1. The number of carbonyl (C=O) groups is 1. The first-order valence-electron chi connectivity index (χ1n) is 7.82. The quantitative estimate of drug-likeness (QED) is 0.898. The molecule has 1 aromatic heterocycles. The van der Waals surface area contributed by atoms with Crippen LogP contribution < -0.4 is 10.1 Å². The summed E-state index contributed by atoms with van der Waals surface area (Å²) in [6.07, 6.45) is 2.72. The van der Waals surface area contributed by atoms with Gasteiger partial charge < -0.3 is 19.9 Å². The number of nitrogens with zero attached hydrogens (tertiary/aromatic N) is 1. The number of rotatable bonds is 4. The molecule has 0 spiro atoms. The predicted molar refractivity (Wildman–Crippen MR) is 84.3 cm³/mol. The molecule has 1 aliphatic carbocycles. The van der Waals surface area contributed by atoms with Crippen molar-refractivity contribution in [3.8, 4) is 5.75 Å². The molecule has 2 aromatic rings. The van der Waals surface area contributed by atoms with Crippen LogP contribution in [-0.4, -0.2) is 41.4 Å². The third-order valence-electron chi connectivity index (χ3n) is 4.18. The lowest BCUT2D eigenvalue weighted by Gasteiger charge is -2.15. The van der Waals surface area contributed by atoms with Crippen LogP contribution in [0, 0.1) is 5.92 Å². The van der Waals surface area contributed by atoms with Crippen molar-refractivity contribution < 1.29 is 19.4 Å². The van der Waals surface area contributed by atoms with Gasteiger partial charge in [0.15, 0.2) is 0 Å². The van der Waals surface area contributed by atoms with Crippen molar-refractivity contribution in [2.75, 3.05) is 18.5 Å². The highest BCUT2D eigenvalue weighted by atomic mass is 16.6. The van der Waals surface area contributed by atoms with E-state index in [0.29, 0.717) is 24.8 Å². The van der Waals surface area contributed by atoms with Gasteiger partial charge in [0.25, 0.3) is 0 Å². The summed E-state index contributed by atoms with van der Waals surface area (Å²) in [5.41, 5.74) is 0. The van der Waals surface area contributed by atoms with Gasteiger partial charge in [-0.3, -0.25) is 4.79 Å². The monoisotopic (exact) mass is 314 g/mol. The first kappa shape index (κ1) is 14.4. The van der Waals surface area contributed by atoms with Crippen LogP contribution in [0.25, 0.3) is 10.8 Å². The summed E-state index contributed by atoms with van der Waals surface area (Å²) in [5.74, 6) is 1.45. The van der Waals surface area contributed by atoms with Gasteiger partial charge in [-0.25, -0.2) is 4.98 Å². The van der Waals surface area contributed by atoms with Gasteiger partial charge in [0.2, 0.25) is 5.91 Å². The van der Waals surface area contributed by atoms with Gasteiger partial charge in [-0.05, 0) is 36.4 Å². The average molecular weight is 314 g/mol. The third kappa shape index (κ3) is 3.13. The lowest BCUT2D eigenvalue weighted by atomic mass is 10.1. The Morgan fingerprint density at radius 1 is 1.26 bits per heavy atom. The Morgan fingerprint density at radius 2 is 2.13 bits per heavy atom. The molecule has 2 atom stereocenters. The first-order chi connectivity index (χ1) is 11.2. The van der Waals surface area contributed by atoms with Gasteiger partial charge in [0.05, 0.1) is 13.2 Å². The van der Waals surface area contributed by atoms with Crippen molar-refractivity contribution in [3.63, 3.8) is 0 Å². The van der Waals surface area contributed by atoms with E-state index >= 15 is 0 Å². The van der Waals surface area contributed by atoms with Crippen molar-refractivity contribution in [1.29, 1.82) is 0 Å². The zero-order valence-corrected chi connectivity index (χ0v) is 12.6. The number of carbonyl (C=O) groups excluding carboxylic acids is 1.